The molecule has 0 spiro atoms. The molecule has 1 aromatic rings. The molecule has 18 heavy (non-hydrogen) atoms. The second kappa shape index (κ2) is 4.36. The maximum Gasteiger partial charge on any atom is 0.336 e. The molecular weight excluding hydrogens is 244 g/mol. The summed E-state index contributed by atoms with van der Waals surface area (Å²) < 4.78 is 26.0. The second-order valence-electron chi connectivity index (χ2n) is 4.41. The molecule has 2 unspecified atom stereocenters. The van der Waals surface area contributed by atoms with Gasteiger partial charge in [0.25, 0.3) is 5.91 Å². The summed E-state index contributed by atoms with van der Waals surface area (Å²) in [6.45, 7) is 1.92. The first-order valence-corrected chi connectivity index (χ1v) is 5.43. The quantitative estimate of drug-likeness (QED) is 0.865. The van der Waals surface area contributed by atoms with E-state index in [0.717, 1.165) is 6.42 Å². The van der Waals surface area contributed by atoms with Gasteiger partial charge in [0.15, 0.2) is 11.6 Å². The zero-order chi connectivity index (χ0) is 13.4. The van der Waals surface area contributed by atoms with Gasteiger partial charge in [-0.1, -0.05) is 6.92 Å². The molecule has 96 valence electrons. The topological polar surface area (TPSA) is 66.4 Å². The van der Waals surface area contributed by atoms with E-state index in [0.29, 0.717) is 18.1 Å². The molecule has 2 rings (SSSR count). The van der Waals surface area contributed by atoms with Crippen molar-refractivity contribution >= 4 is 11.9 Å². The Bertz CT molecular complexity index is 530. The molecule has 1 saturated carbocycles. The predicted octanol–water partition coefficient (Wildman–Crippen LogP) is 1.80. The van der Waals surface area contributed by atoms with E-state index in [1.807, 2.05) is 6.92 Å². The molecule has 0 aliphatic heterocycles. The number of rotatable bonds is 3. The van der Waals surface area contributed by atoms with E-state index in [4.69, 9.17) is 5.11 Å². The Hall–Kier alpha value is -1.98. The van der Waals surface area contributed by atoms with Crippen LogP contribution in [0.5, 0.6) is 0 Å². The Labute approximate surface area is 102 Å². The second-order valence-corrected chi connectivity index (χ2v) is 4.41. The van der Waals surface area contributed by atoms with Crippen LogP contribution in [-0.2, 0) is 0 Å². The molecule has 1 amide bonds. The number of halogens is 2. The third kappa shape index (κ3) is 2.32. The van der Waals surface area contributed by atoms with Crippen LogP contribution in [0.25, 0.3) is 0 Å². The number of nitrogens with one attached hydrogen (secondary N) is 1. The highest BCUT2D eigenvalue weighted by Crippen LogP contribution is 2.29. The Kier molecular flexibility index (Phi) is 3.02. The number of amides is 1. The predicted molar refractivity (Wildman–Crippen MR) is 58.4 cm³/mol. The fourth-order valence-electron chi connectivity index (χ4n) is 1.68. The summed E-state index contributed by atoms with van der Waals surface area (Å²) in [4.78, 5) is 22.7. The molecule has 2 atom stereocenters. The van der Waals surface area contributed by atoms with Crippen molar-refractivity contribution in [3.8, 4) is 0 Å². The smallest absolute Gasteiger partial charge is 0.336 e. The maximum absolute atomic E-state index is 13.1. The first kappa shape index (κ1) is 12.5. The molecule has 0 radical (unpaired) electrons. The largest absolute Gasteiger partial charge is 0.478 e. The Morgan fingerprint density at radius 1 is 1.28 bits per heavy atom. The van der Waals surface area contributed by atoms with Crippen molar-refractivity contribution in [3.05, 3.63) is 34.9 Å². The average Bonchev–Trinajstić information content (AvgIpc) is 2.97. The number of carbonyl (C=O) groups is 2. The van der Waals surface area contributed by atoms with Gasteiger partial charge in [-0.15, -0.1) is 0 Å². The summed E-state index contributed by atoms with van der Waals surface area (Å²) in [6.07, 6.45) is 0.803. The third-order valence-electron chi connectivity index (χ3n) is 2.96. The standard InChI is InChI=1S/C12H11F2NO3/c1-5-2-10(5)15-11(16)6-3-8(13)9(14)4-7(6)12(17)18/h3-5,10H,2H2,1H3,(H,15,16)(H,17,18). The zero-order valence-corrected chi connectivity index (χ0v) is 9.54. The number of carboxylic acids is 1. The molecule has 0 bridgehead atoms. The molecule has 6 heteroatoms. The number of carbonyl (C=O) groups excluding carboxylic acids is 1. The highest BCUT2D eigenvalue weighted by Gasteiger charge is 2.35. The monoisotopic (exact) mass is 255 g/mol. The van der Waals surface area contributed by atoms with E-state index in [9.17, 15) is 18.4 Å². The number of benzene rings is 1. The lowest BCUT2D eigenvalue weighted by atomic mass is 10.1. The van der Waals surface area contributed by atoms with Crippen LogP contribution >= 0.6 is 0 Å². The minimum absolute atomic E-state index is 0.0211. The number of hydrogen-bond acceptors (Lipinski definition) is 2. The van der Waals surface area contributed by atoms with Gasteiger partial charge in [0, 0.05) is 6.04 Å². The molecule has 0 aromatic heterocycles. The van der Waals surface area contributed by atoms with Crippen molar-refractivity contribution in [2.75, 3.05) is 0 Å². The summed E-state index contributed by atoms with van der Waals surface area (Å²) >= 11 is 0. The van der Waals surface area contributed by atoms with Crippen molar-refractivity contribution in [1.82, 2.24) is 5.32 Å². The van der Waals surface area contributed by atoms with Crippen molar-refractivity contribution < 1.29 is 23.5 Å². The van der Waals surface area contributed by atoms with Gasteiger partial charge in [-0.2, -0.15) is 0 Å². The lowest BCUT2D eigenvalue weighted by Gasteiger charge is -2.08. The van der Waals surface area contributed by atoms with Crippen LogP contribution in [0.4, 0.5) is 8.78 Å². The number of aromatic carboxylic acids is 1. The Balaban J connectivity index is 2.32. The number of carboxylic acid groups (broad SMARTS) is 1. The van der Waals surface area contributed by atoms with Gasteiger partial charge in [0.2, 0.25) is 0 Å². The Morgan fingerprint density at radius 3 is 2.22 bits per heavy atom. The maximum atomic E-state index is 13.1. The molecule has 1 aliphatic carbocycles. The van der Waals surface area contributed by atoms with E-state index in [1.54, 1.807) is 0 Å². The summed E-state index contributed by atoms with van der Waals surface area (Å²) in [5.41, 5.74) is -0.903. The van der Waals surface area contributed by atoms with Crippen LogP contribution < -0.4 is 5.32 Å². The van der Waals surface area contributed by atoms with Crippen LogP contribution in [0.1, 0.15) is 34.1 Å². The average molecular weight is 255 g/mol. The third-order valence-corrected chi connectivity index (χ3v) is 2.96. The zero-order valence-electron chi connectivity index (χ0n) is 9.54. The molecular formula is C12H11F2NO3. The highest BCUT2D eigenvalue weighted by molar-refractivity contribution is 6.05. The van der Waals surface area contributed by atoms with E-state index in [2.05, 4.69) is 5.32 Å². The molecule has 4 nitrogen and oxygen atoms in total. The van der Waals surface area contributed by atoms with Crippen molar-refractivity contribution in [2.45, 2.75) is 19.4 Å². The SMILES string of the molecule is CC1CC1NC(=O)c1cc(F)c(F)cc1C(=O)O. The molecule has 0 saturated heterocycles. The summed E-state index contributed by atoms with van der Waals surface area (Å²) in [5.74, 6) is -4.37. The van der Waals surface area contributed by atoms with Gasteiger partial charge >= 0.3 is 5.97 Å². The van der Waals surface area contributed by atoms with Gasteiger partial charge in [-0.05, 0) is 24.5 Å². The van der Waals surface area contributed by atoms with E-state index in [-0.39, 0.29) is 11.6 Å². The van der Waals surface area contributed by atoms with Gasteiger partial charge in [-0.25, -0.2) is 13.6 Å². The fourth-order valence-corrected chi connectivity index (χ4v) is 1.68. The van der Waals surface area contributed by atoms with E-state index >= 15 is 0 Å². The molecule has 0 heterocycles. The lowest BCUT2D eigenvalue weighted by molar-refractivity contribution is 0.0690. The van der Waals surface area contributed by atoms with Gasteiger partial charge in [0.1, 0.15) is 0 Å². The van der Waals surface area contributed by atoms with E-state index < -0.39 is 29.1 Å². The first-order valence-electron chi connectivity index (χ1n) is 5.43. The van der Waals surface area contributed by atoms with Crippen LogP contribution in [-0.4, -0.2) is 23.0 Å². The number of hydrogen-bond donors (Lipinski definition) is 2. The normalized spacial score (nSPS) is 21.5. The van der Waals surface area contributed by atoms with Gasteiger partial charge < -0.3 is 10.4 Å². The van der Waals surface area contributed by atoms with Crippen LogP contribution in [0.2, 0.25) is 0 Å². The highest BCUT2D eigenvalue weighted by atomic mass is 19.2. The lowest BCUT2D eigenvalue weighted by Crippen LogP contribution is -2.28. The van der Waals surface area contributed by atoms with Crippen LogP contribution in [0.15, 0.2) is 12.1 Å². The first-order chi connectivity index (χ1) is 8.40. The van der Waals surface area contributed by atoms with Crippen molar-refractivity contribution in [2.24, 2.45) is 5.92 Å². The Morgan fingerprint density at radius 2 is 1.78 bits per heavy atom. The summed E-state index contributed by atoms with van der Waals surface area (Å²) in [7, 11) is 0. The van der Waals surface area contributed by atoms with E-state index in [1.165, 1.54) is 0 Å². The van der Waals surface area contributed by atoms with Gasteiger partial charge in [0.05, 0.1) is 11.1 Å². The minimum Gasteiger partial charge on any atom is -0.478 e. The van der Waals surface area contributed by atoms with Crippen molar-refractivity contribution in [3.63, 3.8) is 0 Å². The van der Waals surface area contributed by atoms with Gasteiger partial charge in [-0.3, -0.25) is 4.79 Å². The van der Waals surface area contributed by atoms with Crippen LogP contribution in [0, 0.1) is 17.6 Å². The molecule has 1 fully saturated rings. The van der Waals surface area contributed by atoms with Crippen LogP contribution in [0.3, 0.4) is 0 Å². The summed E-state index contributed by atoms with van der Waals surface area (Å²) in [5, 5.41) is 11.4. The minimum atomic E-state index is -1.47. The fraction of sp³-hybridized carbons (Fsp3) is 0.333. The summed E-state index contributed by atoms with van der Waals surface area (Å²) in [6, 6.07) is 1.11. The molecule has 1 aromatic carbocycles. The molecule has 2 N–H and O–H groups in total. The molecule has 1 aliphatic rings. The van der Waals surface area contributed by atoms with Crippen molar-refractivity contribution in [1.29, 1.82) is 0 Å².